The molecule has 2 amide bonds. The first kappa shape index (κ1) is 23.2. The van der Waals surface area contributed by atoms with Crippen LogP contribution in [0.5, 0.6) is 0 Å². The molecular weight excluding hydrogens is 448 g/mol. The number of aryl methyl sites for hydroxylation is 1. The monoisotopic (exact) mass is 472 g/mol. The number of aliphatic hydroxyl groups excluding tert-OH is 1. The lowest BCUT2D eigenvalue weighted by atomic mass is 10.1. The van der Waals surface area contributed by atoms with Crippen molar-refractivity contribution in [3.05, 3.63) is 99.9 Å². The average Bonchev–Trinajstić information content (AvgIpc) is 3.28. The highest BCUT2D eigenvalue weighted by Crippen LogP contribution is 2.34. The molecule has 7 nitrogen and oxygen atoms in total. The van der Waals surface area contributed by atoms with Crippen molar-refractivity contribution in [3.63, 3.8) is 0 Å². The van der Waals surface area contributed by atoms with Crippen molar-refractivity contribution in [2.24, 2.45) is 5.73 Å². The van der Waals surface area contributed by atoms with E-state index < -0.39 is 5.91 Å². The number of carbonyl (C=O) groups is 2. The Morgan fingerprint density at radius 2 is 1.76 bits per heavy atom. The highest BCUT2D eigenvalue weighted by molar-refractivity contribution is 7.18. The normalized spacial score (nSPS) is 10.6. The molecule has 0 aliphatic heterocycles. The minimum absolute atomic E-state index is 0.113. The van der Waals surface area contributed by atoms with Crippen molar-refractivity contribution in [2.45, 2.75) is 20.1 Å². The van der Waals surface area contributed by atoms with Gasteiger partial charge in [-0.2, -0.15) is 0 Å². The van der Waals surface area contributed by atoms with Crippen LogP contribution in [0.25, 0.3) is 11.3 Å². The van der Waals surface area contributed by atoms with Gasteiger partial charge in [-0.1, -0.05) is 65.9 Å². The summed E-state index contributed by atoms with van der Waals surface area (Å²) in [5.74, 6) is -0.772. The number of primary amides is 1. The van der Waals surface area contributed by atoms with Crippen molar-refractivity contribution in [1.29, 1.82) is 0 Å². The van der Waals surface area contributed by atoms with Crippen molar-refractivity contribution in [1.82, 2.24) is 10.3 Å². The van der Waals surface area contributed by atoms with Crippen LogP contribution in [0.1, 0.15) is 36.7 Å². The molecule has 4 aromatic rings. The van der Waals surface area contributed by atoms with Crippen LogP contribution in [0.15, 0.2) is 72.8 Å². The van der Waals surface area contributed by atoms with Gasteiger partial charge in [0.25, 0.3) is 5.91 Å². The third kappa shape index (κ3) is 5.31. The number of aliphatic hydroxyl groups is 1. The van der Waals surface area contributed by atoms with Gasteiger partial charge in [-0.3, -0.25) is 9.59 Å². The second-order valence-electron chi connectivity index (χ2n) is 7.74. The van der Waals surface area contributed by atoms with E-state index >= 15 is 0 Å². The van der Waals surface area contributed by atoms with Gasteiger partial charge in [0.1, 0.15) is 4.88 Å². The Labute approximate surface area is 201 Å². The van der Waals surface area contributed by atoms with Gasteiger partial charge in [0.15, 0.2) is 5.13 Å². The molecule has 0 aliphatic rings. The molecule has 0 radical (unpaired) electrons. The molecular formula is C26H24N4O3S. The number of carbonyl (C=O) groups excluding carboxylic acids is 2. The van der Waals surface area contributed by atoms with E-state index in [1.807, 2.05) is 61.5 Å². The second kappa shape index (κ2) is 10.3. The van der Waals surface area contributed by atoms with Crippen LogP contribution in [0.2, 0.25) is 0 Å². The number of nitrogens with two attached hydrogens (primary N) is 1. The maximum Gasteiger partial charge on any atom is 0.264 e. The van der Waals surface area contributed by atoms with Crippen molar-refractivity contribution in [3.8, 4) is 11.3 Å². The van der Waals surface area contributed by atoms with Gasteiger partial charge in [0.2, 0.25) is 5.91 Å². The highest BCUT2D eigenvalue weighted by atomic mass is 32.1. The lowest BCUT2D eigenvalue weighted by Crippen LogP contribution is -2.22. The number of anilines is 2. The summed E-state index contributed by atoms with van der Waals surface area (Å²) in [6.07, 6.45) is 0. The number of nitrogens with one attached hydrogen (secondary N) is 2. The second-order valence-corrected chi connectivity index (χ2v) is 8.74. The number of nitrogens with zero attached hydrogens (tertiary/aromatic N) is 1. The Kier molecular flexibility index (Phi) is 7.01. The zero-order chi connectivity index (χ0) is 24.1. The molecule has 0 fully saturated rings. The minimum Gasteiger partial charge on any atom is -0.392 e. The summed E-state index contributed by atoms with van der Waals surface area (Å²) >= 11 is 1.22. The van der Waals surface area contributed by atoms with E-state index in [0.717, 1.165) is 22.3 Å². The van der Waals surface area contributed by atoms with Crippen molar-refractivity contribution in [2.75, 3.05) is 5.32 Å². The van der Waals surface area contributed by atoms with Gasteiger partial charge >= 0.3 is 0 Å². The smallest absolute Gasteiger partial charge is 0.264 e. The van der Waals surface area contributed by atoms with E-state index in [0.29, 0.717) is 33.5 Å². The first-order valence-electron chi connectivity index (χ1n) is 10.6. The number of thiazole rings is 1. The molecule has 3 aromatic carbocycles. The first-order chi connectivity index (χ1) is 16.4. The molecule has 0 aliphatic carbocycles. The van der Waals surface area contributed by atoms with E-state index in [-0.39, 0.29) is 12.5 Å². The molecule has 1 heterocycles. The van der Waals surface area contributed by atoms with Crippen LogP contribution in [0.3, 0.4) is 0 Å². The summed E-state index contributed by atoms with van der Waals surface area (Å²) in [5.41, 5.74) is 10.3. The summed E-state index contributed by atoms with van der Waals surface area (Å²) < 4.78 is 0. The van der Waals surface area contributed by atoms with Crippen LogP contribution < -0.4 is 16.4 Å². The van der Waals surface area contributed by atoms with Crippen LogP contribution in [0, 0.1) is 6.92 Å². The summed E-state index contributed by atoms with van der Waals surface area (Å²) in [4.78, 5) is 29.9. The number of hydrogen-bond donors (Lipinski definition) is 4. The summed E-state index contributed by atoms with van der Waals surface area (Å²) in [6, 6.07) is 22.1. The summed E-state index contributed by atoms with van der Waals surface area (Å²) in [6.45, 7) is 2.17. The Morgan fingerprint density at radius 1 is 1.00 bits per heavy atom. The van der Waals surface area contributed by atoms with Crippen LogP contribution in [-0.2, 0) is 13.2 Å². The number of rotatable bonds is 8. The molecule has 1 aromatic heterocycles. The zero-order valence-electron chi connectivity index (χ0n) is 18.5. The molecule has 172 valence electrons. The van der Waals surface area contributed by atoms with E-state index in [9.17, 15) is 14.7 Å². The standard InChI is InChI=1S/C26H24N4O3S/c1-16-10-11-20(24(27)32)13-21(16)29-26-30-22(19-9-5-8-18(12-19)15-31)23(34-26)25(33)28-14-17-6-3-2-4-7-17/h2-13,31H,14-15H2,1H3,(H2,27,32)(H,28,33)(H,29,30). The van der Waals surface area contributed by atoms with Crippen LogP contribution in [0.4, 0.5) is 10.8 Å². The molecule has 4 rings (SSSR count). The van der Waals surface area contributed by atoms with Crippen molar-refractivity contribution < 1.29 is 14.7 Å². The molecule has 0 saturated carbocycles. The number of benzene rings is 3. The summed E-state index contributed by atoms with van der Waals surface area (Å²) in [7, 11) is 0. The highest BCUT2D eigenvalue weighted by Gasteiger charge is 2.20. The Bertz CT molecular complexity index is 1340. The Balaban J connectivity index is 1.68. The fourth-order valence-corrected chi connectivity index (χ4v) is 4.34. The molecule has 0 saturated heterocycles. The minimum atomic E-state index is -0.523. The third-order valence-corrected chi connectivity index (χ3v) is 6.25. The molecule has 8 heteroatoms. The Morgan fingerprint density at radius 3 is 2.50 bits per heavy atom. The lowest BCUT2D eigenvalue weighted by molar-refractivity contribution is 0.0954. The van der Waals surface area contributed by atoms with Gasteiger partial charge in [0, 0.05) is 23.4 Å². The quantitative estimate of drug-likeness (QED) is 0.304. The lowest BCUT2D eigenvalue weighted by Gasteiger charge is -2.08. The van der Waals surface area contributed by atoms with E-state index in [1.165, 1.54) is 11.3 Å². The first-order valence-corrected chi connectivity index (χ1v) is 11.5. The van der Waals surface area contributed by atoms with Crippen LogP contribution in [-0.4, -0.2) is 21.9 Å². The molecule has 0 spiro atoms. The molecule has 34 heavy (non-hydrogen) atoms. The van der Waals surface area contributed by atoms with E-state index in [1.54, 1.807) is 18.2 Å². The summed E-state index contributed by atoms with van der Waals surface area (Å²) in [5, 5.41) is 16.2. The largest absolute Gasteiger partial charge is 0.392 e. The van der Waals surface area contributed by atoms with E-state index in [4.69, 9.17) is 10.7 Å². The Hall–Kier alpha value is -4.01. The van der Waals surface area contributed by atoms with Gasteiger partial charge in [-0.15, -0.1) is 0 Å². The maximum atomic E-state index is 13.2. The fourth-order valence-electron chi connectivity index (χ4n) is 3.42. The van der Waals surface area contributed by atoms with Gasteiger partial charge in [-0.05, 0) is 41.8 Å². The molecule has 0 unspecified atom stereocenters. The van der Waals surface area contributed by atoms with Gasteiger partial charge in [-0.25, -0.2) is 4.98 Å². The van der Waals surface area contributed by atoms with Gasteiger partial charge in [0.05, 0.1) is 12.3 Å². The van der Waals surface area contributed by atoms with Crippen LogP contribution >= 0.6 is 11.3 Å². The maximum absolute atomic E-state index is 13.2. The third-order valence-electron chi connectivity index (χ3n) is 5.28. The number of aromatic nitrogens is 1. The SMILES string of the molecule is Cc1ccc(C(N)=O)cc1Nc1nc(-c2cccc(CO)c2)c(C(=O)NCc2ccccc2)s1. The molecule has 5 N–H and O–H groups in total. The predicted molar refractivity (Wildman–Crippen MR) is 134 cm³/mol. The number of hydrogen-bond acceptors (Lipinski definition) is 6. The van der Waals surface area contributed by atoms with E-state index in [2.05, 4.69) is 10.6 Å². The van der Waals surface area contributed by atoms with Gasteiger partial charge < -0.3 is 21.5 Å². The zero-order valence-corrected chi connectivity index (χ0v) is 19.4. The predicted octanol–water partition coefficient (Wildman–Crippen LogP) is 4.38. The number of amides is 2. The molecule has 0 bridgehead atoms. The molecule has 0 atom stereocenters. The average molecular weight is 473 g/mol. The fraction of sp³-hybridized carbons (Fsp3) is 0.115. The topological polar surface area (TPSA) is 117 Å². The van der Waals surface area contributed by atoms with Crippen molar-refractivity contribution >= 4 is 34.0 Å².